The maximum atomic E-state index is 11.2. The molecule has 0 bridgehead atoms. The van der Waals surface area contributed by atoms with Gasteiger partial charge in [-0.2, -0.15) is 0 Å². The smallest absolute Gasteiger partial charge is 0.153 e. The summed E-state index contributed by atoms with van der Waals surface area (Å²) in [5.41, 5.74) is 1.62. The van der Waals surface area contributed by atoms with Crippen LogP contribution in [-0.2, 0) is 0 Å². The van der Waals surface area contributed by atoms with E-state index in [2.05, 4.69) is 18.7 Å². The average Bonchev–Trinajstić information content (AvgIpc) is 2.64. The number of rotatable bonds is 3. The van der Waals surface area contributed by atoms with Gasteiger partial charge in [-0.3, -0.25) is 4.79 Å². The highest BCUT2D eigenvalue weighted by atomic mass is 35.5. The number of carbonyl (C=O) groups is 1. The fourth-order valence-corrected chi connectivity index (χ4v) is 3.16. The Labute approximate surface area is 120 Å². The van der Waals surface area contributed by atoms with Gasteiger partial charge in [0.05, 0.1) is 10.6 Å². The highest BCUT2D eigenvalue weighted by Crippen LogP contribution is 2.30. The van der Waals surface area contributed by atoms with Gasteiger partial charge in [-0.1, -0.05) is 31.5 Å². The molecule has 1 saturated heterocycles. The molecule has 2 nitrogen and oxygen atoms in total. The number of halogens is 1. The zero-order chi connectivity index (χ0) is 13.8. The number of aldehydes is 1. The second kappa shape index (κ2) is 6.42. The summed E-state index contributed by atoms with van der Waals surface area (Å²) in [5.74, 6) is 1.54. The largest absolute Gasteiger partial charge is 0.371 e. The molecule has 0 radical (unpaired) electrons. The number of hydrogen-bond donors (Lipinski definition) is 0. The monoisotopic (exact) mass is 279 g/mol. The molecule has 19 heavy (non-hydrogen) atoms. The van der Waals surface area contributed by atoms with Crippen LogP contribution < -0.4 is 4.90 Å². The topological polar surface area (TPSA) is 20.3 Å². The van der Waals surface area contributed by atoms with Gasteiger partial charge in [0.25, 0.3) is 0 Å². The zero-order valence-corrected chi connectivity index (χ0v) is 12.5. The standard InChI is InChI=1S/C16H22ClNO/c1-12(2)13-5-4-9-18(10-8-13)16-7-3-6-15(17)14(16)11-19/h3,6-7,11-13H,4-5,8-10H2,1-2H3. The fraction of sp³-hybridized carbons (Fsp3) is 0.562. The van der Waals surface area contributed by atoms with Crippen molar-refractivity contribution in [1.82, 2.24) is 0 Å². The van der Waals surface area contributed by atoms with Crippen LogP contribution in [0.3, 0.4) is 0 Å². The lowest BCUT2D eigenvalue weighted by Gasteiger charge is -2.25. The molecular weight excluding hydrogens is 258 g/mol. The summed E-state index contributed by atoms with van der Waals surface area (Å²) in [4.78, 5) is 13.6. The number of benzene rings is 1. The van der Waals surface area contributed by atoms with Crippen LogP contribution in [0.25, 0.3) is 0 Å². The third kappa shape index (κ3) is 3.30. The van der Waals surface area contributed by atoms with E-state index in [9.17, 15) is 4.79 Å². The van der Waals surface area contributed by atoms with E-state index in [1.54, 1.807) is 6.07 Å². The second-order valence-corrected chi connectivity index (χ2v) is 6.12. The number of nitrogens with zero attached hydrogens (tertiary/aromatic N) is 1. The van der Waals surface area contributed by atoms with E-state index >= 15 is 0 Å². The highest BCUT2D eigenvalue weighted by Gasteiger charge is 2.21. The van der Waals surface area contributed by atoms with E-state index in [4.69, 9.17) is 11.6 Å². The predicted molar refractivity (Wildman–Crippen MR) is 81.2 cm³/mol. The maximum Gasteiger partial charge on any atom is 0.153 e. The molecule has 1 aromatic rings. The number of anilines is 1. The molecule has 1 unspecified atom stereocenters. The molecule has 0 aromatic heterocycles. The third-order valence-electron chi connectivity index (χ3n) is 4.20. The Kier molecular flexibility index (Phi) is 4.87. The molecule has 1 heterocycles. The molecule has 1 aliphatic rings. The van der Waals surface area contributed by atoms with Gasteiger partial charge < -0.3 is 4.90 Å². The molecule has 3 heteroatoms. The van der Waals surface area contributed by atoms with E-state index in [0.717, 1.165) is 36.9 Å². The molecule has 1 aliphatic heterocycles. The van der Waals surface area contributed by atoms with Crippen molar-refractivity contribution in [3.8, 4) is 0 Å². The minimum absolute atomic E-state index is 0.553. The molecule has 0 N–H and O–H groups in total. The Bertz CT molecular complexity index is 444. The first-order valence-electron chi connectivity index (χ1n) is 7.12. The number of hydrogen-bond acceptors (Lipinski definition) is 2. The second-order valence-electron chi connectivity index (χ2n) is 5.71. The Morgan fingerprint density at radius 2 is 2.11 bits per heavy atom. The van der Waals surface area contributed by atoms with Crippen molar-refractivity contribution in [2.24, 2.45) is 11.8 Å². The van der Waals surface area contributed by atoms with Crippen LogP contribution in [0.15, 0.2) is 18.2 Å². The van der Waals surface area contributed by atoms with E-state index in [1.165, 1.54) is 19.3 Å². The molecule has 1 atom stereocenters. The molecule has 1 fully saturated rings. The first kappa shape index (κ1) is 14.4. The lowest BCUT2D eigenvalue weighted by molar-refractivity contribution is 0.112. The average molecular weight is 280 g/mol. The first-order chi connectivity index (χ1) is 9.13. The fourth-order valence-electron chi connectivity index (χ4n) is 2.95. The van der Waals surface area contributed by atoms with Crippen LogP contribution in [0.1, 0.15) is 43.5 Å². The highest BCUT2D eigenvalue weighted by molar-refractivity contribution is 6.33. The van der Waals surface area contributed by atoms with Crippen molar-refractivity contribution in [2.45, 2.75) is 33.1 Å². The van der Waals surface area contributed by atoms with Gasteiger partial charge in [0.1, 0.15) is 0 Å². The molecule has 0 saturated carbocycles. The quantitative estimate of drug-likeness (QED) is 0.764. The zero-order valence-electron chi connectivity index (χ0n) is 11.7. The predicted octanol–water partition coefficient (Wildman–Crippen LogP) is 4.42. The van der Waals surface area contributed by atoms with Crippen LogP contribution in [0.4, 0.5) is 5.69 Å². The van der Waals surface area contributed by atoms with Crippen molar-refractivity contribution in [2.75, 3.05) is 18.0 Å². The molecule has 0 amide bonds. The van der Waals surface area contributed by atoms with Crippen LogP contribution in [0.5, 0.6) is 0 Å². The molecule has 0 aliphatic carbocycles. The third-order valence-corrected chi connectivity index (χ3v) is 4.53. The van der Waals surface area contributed by atoms with Gasteiger partial charge in [0.2, 0.25) is 0 Å². The molecule has 104 valence electrons. The van der Waals surface area contributed by atoms with Gasteiger partial charge in [-0.25, -0.2) is 0 Å². The summed E-state index contributed by atoms with van der Waals surface area (Å²) in [6.45, 7) is 6.64. The molecule has 0 spiro atoms. The van der Waals surface area contributed by atoms with E-state index in [0.29, 0.717) is 10.6 Å². The lowest BCUT2D eigenvalue weighted by atomic mass is 9.89. The summed E-state index contributed by atoms with van der Waals surface area (Å²) in [6, 6.07) is 5.71. The van der Waals surface area contributed by atoms with Crippen LogP contribution in [0, 0.1) is 11.8 Å². The van der Waals surface area contributed by atoms with E-state index < -0.39 is 0 Å². The summed E-state index contributed by atoms with van der Waals surface area (Å²) in [6.07, 6.45) is 4.55. The van der Waals surface area contributed by atoms with Crippen molar-refractivity contribution in [1.29, 1.82) is 0 Å². The van der Waals surface area contributed by atoms with Gasteiger partial charge in [0, 0.05) is 18.8 Å². The maximum absolute atomic E-state index is 11.2. The van der Waals surface area contributed by atoms with Crippen LogP contribution >= 0.6 is 11.6 Å². The number of carbonyl (C=O) groups excluding carboxylic acids is 1. The van der Waals surface area contributed by atoms with Crippen molar-refractivity contribution < 1.29 is 4.79 Å². The SMILES string of the molecule is CC(C)C1CCCN(c2cccc(Cl)c2C=O)CC1. The Balaban J connectivity index is 2.19. The summed E-state index contributed by atoms with van der Waals surface area (Å²) < 4.78 is 0. The Hall–Kier alpha value is -1.02. The minimum atomic E-state index is 0.553. The van der Waals surface area contributed by atoms with Crippen LogP contribution in [-0.4, -0.2) is 19.4 Å². The van der Waals surface area contributed by atoms with Gasteiger partial charge in [-0.15, -0.1) is 0 Å². The lowest BCUT2D eigenvalue weighted by Crippen LogP contribution is -2.25. The summed E-state index contributed by atoms with van der Waals surface area (Å²) in [7, 11) is 0. The van der Waals surface area contributed by atoms with Gasteiger partial charge in [0.15, 0.2) is 6.29 Å². The van der Waals surface area contributed by atoms with E-state index in [-0.39, 0.29) is 0 Å². The van der Waals surface area contributed by atoms with Crippen molar-refractivity contribution >= 4 is 23.6 Å². The molecule has 1 aromatic carbocycles. The molecular formula is C16H22ClNO. The van der Waals surface area contributed by atoms with Gasteiger partial charge >= 0.3 is 0 Å². The minimum Gasteiger partial charge on any atom is -0.371 e. The van der Waals surface area contributed by atoms with Gasteiger partial charge in [-0.05, 0) is 43.2 Å². The Morgan fingerprint density at radius 1 is 1.32 bits per heavy atom. The van der Waals surface area contributed by atoms with Crippen molar-refractivity contribution in [3.05, 3.63) is 28.8 Å². The van der Waals surface area contributed by atoms with E-state index in [1.807, 2.05) is 12.1 Å². The summed E-state index contributed by atoms with van der Waals surface area (Å²) in [5, 5.41) is 0.553. The summed E-state index contributed by atoms with van der Waals surface area (Å²) >= 11 is 6.11. The molecule has 2 rings (SSSR count). The van der Waals surface area contributed by atoms with Crippen LogP contribution in [0.2, 0.25) is 5.02 Å². The normalized spacial score (nSPS) is 20.4. The Morgan fingerprint density at radius 3 is 2.79 bits per heavy atom. The van der Waals surface area contributed by atoms with Crippen molar-refractivity contribution in [3.63, 3.8) is 0 Å². The first-order valence-corrected chi connectivity index (χ1v) is 7.50.